The van der Waals surface area contributed by atoms with Crippen LogP contribution in [-0.4, -0.2) is 5.91 Å². The van der Waals surface area contributed by atoms with Crippen LogP contribution in [0.3, 0.4) is 0 Å². The van der Waals surface area contributed by atoms with Crippen LogP contribution in [0.4, 0.5) is 10.1 Å². The normalized spacial score (nSPS) is 12.9. The van der Waals surface area contributed by atoms with E-state index in [4.69, 9.17) is 0 Å². The molecule has 0 aromatic heterocycles. The molecule has 0 saturated heterocycles. The second-order valence-electron chi connectivity index (χ2n) is 5.99. The molecule has 1 N–H and O–H groups in total. The second-order valence-corrected chi connectivity index (χ2v) is 5.99. The Morgan fingerprint density at radius 3 is 2.50 bits per heavy atom. The van der Waals surface area contributed by atoms with Crippen molar-refractivity contribution in [3.8, 4) is 0 Å². The van der Waals surface area contributed by atoms with Gasteiger partial charge >= 0.3 is 0 Å². The van der Waals surface area contributed by atoms with E-state index in [-0.39, 0.29) is 11.7 Å². The molecule has 24 heavy (non-hydrogen) atoms. The van der Waals surface area contributed by atoms with Crippen molar-refractivity contribution in [2.24, 2.45) is 0 Å². The number of rotatable bonds is 3. The van der Waals surface area contributed by atoms with E-state index >= 15 is 0 Å². The molecule has 3 heteroatoms. The number of hydrogen-bond acceptors (Lipinski definition) is 1. The average Bonchev–Trinajstić information content (AvgIpc) is 3.02. The molecule has 1 aliphatic carbocycles. The highest BCUT2D eigenvalue weighted by atomic mass is 19.1. The lowest BCUT2D eigenvalue weighted by Gasteiger charge is -2.09. The summed E-state index contributed by atoms with van der Waals surface area (Å²) < 4.78 is 12.9. The number of aryl methyl sites for hydroxylation is 2. The first-order chi connectivity index (χ1) is 11.7. The summed E-state index contributed by atoms with van der Waals surface area (Å²) in [6.45, 7) is 0. The molecule has 0 saturated carbocycles. The fourth-order valence-corrected chi connectivity index (χ4v) is 3.28. The molecule has 1 aliphatic rings. The number of amides is 1. The van der Waals surface area contributed by atoms with Gasteiger partial charge in [-0.1, -0.05) is 36.4 Å². The zero-order valence-electron chi connectivity index (χ0n) is 13.1. The Labute approximate surface area is 139 Å². The highest BCUT2D eigenvalue weighted by Gasteiger charge is 2.16. The fourth-order valence-electron chi connectivity index (χ4n) is 3.28. The van der Waals surface area contributed by atoms with Crippen molar-refractivity contribution in [2.75, 3.05) is 5.32 Å². The first-order valence-corrected chi connectivity index (χ1v) is 7.99. The van der Waals surface area contributed by atoms with E-state index in [0.717, 1.165) is 29.5 Å². The summed E-state index contributed by atoms with van der Waals surface area (Å²) >= 11 is 0. The van der Waals surface area contributed by atoms with Gasteiger partial charge in [-0.25, -0.2) is 4.39 Å². The molecular weight excluding hydrogens is 301 g/mol. The number of carbonyl (C=O) groups is 1. The molecule has 0 fully saturated rings. The van der Waals surface area contributed by atoms with E-state index in [1.807, 2.05) is 18.2 Å². The minimum Gasteiger partial charge on any atom is -0.322 e. The van der Waals surface area contributed by atoms with Gasteiger partial charge in [-0.2, -0.15) is 0 Å². The van der Waals surface area contributed by atoms with Gasteiger partial charge in [0.05, 0.1) is 0 Å². The van der Waals surface area contributed by atoms with Gasteiger partial charge in [-0.15, -0.1) is 0 Å². The van der Waals surface area contributed by atoms with E-state index in [1.165, 1.54) is 34.7 Å². The Hall–Kier alpha value is -2.94. The summed E-state index contributed by atoms with van der Waals surface area (Å²) in [6, 6.07) is 16.3. The predicted octanol–water partition coefficient (Wildman–Crippen LogP) is 4.73. The third-order valence-electron chi connectivity index (χ3n) is 4.43. The Balaban J connectivity index is 1.58. The van der Waals surface area contributed by atoms with Crippen LogP contribution >= 0.6 is 0 Å². The number of benzene rings is 3. The maximum Gasteiger partial charge on any atom is 0.248 e. The van der Waals surface area contributed by atoms with E-state index in [1.54, 1.807) is 18.2 Å². The average molecular weight is 317 g/mol. The molecule has 0 spiro atoms. The molecule has 1 amide bonds. The molecule has 0 atom stereocenters. The van der Waals surface area contributed by atoms with Crippen LogP contribution in [0, 0.1) is 5.82 Å². The van der Waals surface area contributed by atoms with Crippen molar-refractivity contribution >= 4 is 28.4 Å². The Morgan fingerprint density at radius 2 is 1.71 bits per heavy atom. The maximum atomic E-state index is 12.9. The number of anilines is 1. The van der Waals surface area contributed by atoms with Gasteiger partial charge in [0, 0.05) is 17.1 Å². The zero-order valence-corrected chi connectivity index (χ0v) is 13.1. The third kappa shape index (κ3) is 2.69. The lowest BCUT2D eigenvalue weighted by Crippen LogP contribution is -2.08. The quantitative estimate of drug-likeness (QED) is 0.695. The third-order valence-corrected chi connectivity index (χ3v) is 4.43. The van der Waals surface area contributed by atoms with E-state index in [9.17, 15) is 9.18 Å². The highest BCUT2D eigenvalue weighted by molar-refractivity contribution is 6.09. The van der Waals surface area contributed by atoms with Gasteiger partial charge in [-0.3, -0.25) is 4.79 Å². The molecule has 4 rings (SSSR count). The van der Waals surface area contributed by atoms with Gasteiger partial charge in [-0.05, 0) is 59.2 Å². The fraction of sp³-hybridized carbons (Fsp3) is 0.0952. The second kappa shape index (κ2) is 5.93. The first kappa shape index (κ1) is 14.6. The van der Waals surface area contributed by atoms with Gasteiger partial charge < -0.3 is 5.32 Å². The van der Waals surface area contributed by atoms with Crippen molar-refractivity contribution in [3.63, 3.8) is 0 Å². The predicted molar refractivity (Wildman–Crippen MR) is 95.4 cm³/mol. The largest absolute Gasteiger partial charge is 0.322 e. The Bertz CT molecular complexity index is 947. The van der Waals surface area contributed by atoms with Gasteiger partial charge in [0.1, 0.15) is 5.82 Å². The van der Waals surface area contributed by atoms with Crippen LogP contribution in [0.2, 0.25) is 0 Å². The van der Waals surface area contributed by atoms with Crippen LogP contribution in [0.25, 0.3) is 16.8 Å². The molecule has 0 heterocycles. The molecule has 0 unspecified atom stereocenters. The molecule has 0 radical (unpaired) electrons. The Morgan fingerprint density at radius 1 is 0.958 bits per heavy atom. The number of hydrogen-bond donors (Lipinski definition) is 1. The molecule has 3 aromatic rings. The summed E-state index contributed by atoms with van der Waals surface area (Å²) in [5.41, 5.74) is 4.30. The smallest absolute Gasteiger partial charge is 0.248 e. The summed E-state index contributed by atoms with van der Waals surface area (Å²) in [4.78, 5) is 12.2. The van der Waals surface area contributed by atoms with Crippen LogP contribution in [-0.2, 0) is 17.6 Å². The van der Waals surface area contributed by atoms with E-state index < -0.39 is 0 Å². The molecule has 0 bridgehead atoms. The summed E-state index contributed by atoms with van der Waals surface area (Å²) in [6.07, 6.45) is 5.27. The zero-order chi connectivity index (χ0) is 16.5. The Kier molecular flexibility index (Phi) is 3.62. The summed E-state index contributed by atoms with van der Waals surface area (Å²) in [5, 5.41) is 5.31. The molecular formula is C21H16FNO. The standard InChI is InChI=1S/C21H16FNO/c22-17-10-4-14(5-11-17)6-13-20(24)23-19-12-9-16-8-7-15-2-1-3-18(19)21(15)16/h1-6,9-13H,7-8H2,(H,23,24)/b13-6+. The van der Waals surface area contributed by atoms with Crippen LogP contribution in [0.1, 0.15) is 16.7 Å². The van der Waals surface area contributed by atoms with Gasteiger partial charge in [0.25, 0.3) is 0 Å². The number of halogens is 1. The van der Waals surface area contributed by atoms with Crippen molar-refractivity contribution in [3.05, 3.63) is 83.2 Å². The van der Waals surface area contributed by atoms with Crippen LogP contribution in [0.15, 0.2) is 60.7 Å². The lowest BCUT2D eigenvalue weighted by atomic mass is 10.0. The van der Waals surface area contributed by atoms with Crippen molar-refractivity contribution in [2.45, 2.75) is 12.8 Å². The molecule has 0 aliphatic heterocycles. The monoisotopic (exact) mass is 317 g/mol. The van der Waals surface area contributed by atoms with E-state index in [0.29, 0.717) is 0 Å². The maximum absolute atomic E-state index is 12.9. The van der Waals surface area contributed by atoms with Crippen molar-refractivity contribution in [1.82, 2.24) is 0 Å². The van der Waals surface area contributed by atoms with Gasteiger partial charge in [0.15, 0.2) is 0 Å². The van der Waals surface area contributed by atoms with E-state index in [2.05, 4.69) is 17.4 Å². The van der Waals surface area contributed by atoms with Crippen LogP contribution in [0.5, 0.6) is 0 Å². The number of carbonyl (C=O) groups excluding carboxylic acids is 1. The van der Waals surface area contributed by atoms with Crippen molar-refractivity contribution in [1.29, 1.82) is 0 Å². The first-order valence-electron chi connectivity index (χ1n) is 7.99. The highest BCUT2D eigenvalue weighted by Crippen LogP contribution is 2.34. The summed E-state index contributed by atoms with van der Waals surface area (Å²) in [5.74, 6) is -0.484. The summed E-state index contributed by atoms with van der Waals surface area (Å²) in [7, 11) is 0. The molecule has 2 nitrogen and oxygen atoms in total. The minimum atomic E-state index is -0.288. The van der Waals surface area contributed by atoms with Crippen LogP contribution < -0.4 is 5.32 Å². The SMILES string of the molecule is O=C(/C=C/c1ccc(F)cc1)Nc1ccc2c3c(cccc13)CC2. The molecule has 3 aromatic carbocycles. The number of nitrogens with one attached hydrogen (secondary N) is 1. The topological polar surface area (TPSA) is 29.1 Å². The minimum absolute atomic E-state index is 0.196. The molecule has 118 valence electrons. The van der Waals surface area contributed by atoms with Crippen molar-refractivity contribution < 1.29 is 9.18 Å². The lowest BCUT2D eigenvalue weighted by molar-refractivity contribution is -0.111. The van der Waals surface area contributed by atoms with Gasteiger partial charge in [0.2, 0.25) is 5.91 Å².